The molecule has 0 aliphatic carbocycles. The van der Waals surface area contributed by atoms with Gasteiger partial charge in [0.15, 0.2) is 5.54 Å². The lowest BCUT2D eigenvalue weighted by atomic mass is 9.83. The van der Waals surface area contributed by atoms with Crippen LogP contribution in [-0.4, -0.2) is 71.8 Å². The minimum absolute atomic E-state index is 0.00185. The van der Waals surface area contributed by atoms with E-state index >= 15 is 0 Å². The molecule has 0 unspecified atom stereocenters. The predicted molar refractivity (Wildman–Crippen MR) is 88.4 cm³/mol. The number of rotatable bonds is 2. The summed E-state index contributed by atoms with van der Waals surface area (Å²) in [6.45, 7) is -0.0240. The maximum Gasteiger partial charge on any atom is 0.416 e. The lowest BCUT2D eigenvalue weighted by molar-refractivity contribution is -0.175. The van der Waals surface area contributed by atoms with Crippen LogP contribution in [0.3, 0.4) is 0 Å². The highest BCUT2D eigenvalue weighted by Crippen LogP contribution is 2.35. The molecule has 0 saturated carbocycles. The fourth-order valence-corrected chi connectivity index (χ4v) is 3.48. The summed E-state index contributed by atoms with van der Waals surface area (Å²) < 4.78 is 38.1. The van der Waals surface area contributed by atoms with Crippen LogP contribution in [0.5, 0.6) is 0 Å². The zero-order chi connectivity index (χ0) is 20.0. The summed E-state index contributed by atoms with van der Waals surface area (Å²) in [5.74, 6) is -0.595. The molecule has 0 bridgehead atoms. The van der Waals surface area contributed by atoms with Crippen LogP contribution in [0, 0.1) is 0 Å². The van der Waals surface area contributed by atoms with E-state index in [1.165, 1.54) is 40.9 Å². The van der Waals surface area contributed by atoms with Crippen LogP contribution in [0.4, 0.5) is 18.0 Å². The van der Waals surface area contributed by atoms with E-state index in [9.17, 15) is 27.6 Å². The Bertz CT molecular complexity index is 773. The number of nitrogens with one attached hydrogen (secondary N) is 1. The van der Waals surface area contributed by atoms with Gasteiger partial charge in [0.25, 0.3) is 5.91 Å². The third kappa shape index (κ3) is 3.19. The molecule has 146 valence electrons. The van der Waals surface area contributed by atoms with Crippen LogP contribution in [0.2, 0.25) is 0 Å². The quantitative estimate of drug-likeness (QED) is 0.824. The van der Waals surface area contributed by atoms with Gasteiger partial charge in [-0.25, -0.2) is 4.79 Å². The molecule has 1 spiro atoms. The molecule has 0 radical (unpaired) electrons. The molecule has 1 aromatic carbocycles. The van der Waals surface area contributed by atoms with Gasteiger partial charge in [0.2, 0.25) is 5.91 Å². The Morgan fingerprint density at radius 2 is 1.78 bits per heavy atom. The minimum atomic E-state index is -4.44. The summed E-state index contributed by atoms with van der Waals surface area (Å²) in [6.07, 6.45) is -4.44. The Kier molecular flexibility index (Phi) is 4.52. The van der Waals surface area contributed by atoms with Crippen molar-refractivity contribution in [2.75, 3.05) is 33.7 Å². The van der Waals surface area contributed by atoms with Crippen molar-refractivity contribution in [2.24, 2.45) is 0 Å². The second kappa shape index (κ2) is 6.43. The molecule has 0 atom stereocenters. The molecule has 2 aliphatic heterocycles. The third-order valence-electron chi connectivity index (χ3n) is 4.96. The number of halogens is 3. The number of carbonyl (C=O) groups excluding carboxylic acids is 3. The van der Waals surface area contributed by atoms with Gasteiger partial charge in [-0.3, -0.25) is 9.59 Å². The van der Waals surface area contributed by atoms with E-state index in [-0.39, 0.29) is 44.0 Å². The highest BCUT2D eigenvalue weighted by atomic mass is 19.4. The Morgan fingerprint density at radius 3 is 2.30 bits per heavy atom. The van der Waals surface area contributed by atoms with Gasteiger partial charge in [0.1, 0.15) is 0 Å². The first-order valence-electron chi connectivity index (χ1n) is 8.27. The molecule has 2 aliphatic rings. The number of hydrogen-bond acceptors (Lipinski definition) is 3. The zero-order valence-corrected chi connectivity index (χ0v) is 14.8. The van der Waals surface area contributed by atoms with E-state index in [4.69, 9.17) is 0 Å². The number of piperazine rings is 1. The van der Waals surface area contributed by atoms with E-state index in [0.717, 1.165) is 12.1 Å². The molecule has 2 heterocycles. The average Bonchev–Trinajstić information content (AvgIpc) is 2.57. The summed E-state index contributed by atoms with van der Waals surface area (Å²) in [4.78, 5) is 41.2. The fourth-order valence-electron chi connectivity index (χ4n) is 3.48. The second-order valence-electron chi connectivity index (χ2n) is 6.78. The van der Waals surface area contributed by atoms with E-state index in [0.29, 0.717) is 5.56 Å². The number of likely N-dealkylation sites (tertiary alicyclic amines) is 1. The molecule has 1 aromatic rings. The summed E-state index contributed by atoms with van der Waals surface area (Å²) in [7, 11) is 2.98. The molecule has 7 nitrogen and oxygen atoms in total. The summed E-state index contributed by atoms with van der Waals surface area (Å²) in [5, 5.41) is 2.46. The highest BCUT2D eigenvalue weighted by Gasteiger charge is 2.60. The Hall–Kier alpha value is -2.78. The number of nitrogens with zero attached hydrogens (tertiary/aromatic N) is 3. The van der Waals surface area contributed by atoms with Gasteiger partial charge >= 0.3 is 12.2 Å². The van der Waals surface area contributed by atoms with Gasteiger partial charge in [0.05, 0.1) is 25.2 Å². The molecule has 0 aromatic heterocycles. The van der Waals surface area contributed by atoms with Crippen LogP contribution in [0.25, 0.3) is 0 Å². The summed E-state index contributed by atoms with van der Waals surface area (Å²) >= 11 is 0. The molecule has 3 rings (SSSR count). The molecule has 10 heteroatoms. The Labute approximate surface area is 153 Å². The molecule has 2 saturated heterocycles. The zero-order valence-electron chi connectivity index (χ0n) is 14.8. The predicted octanol–water partition coefficient (Wildman–Crippen LogP) is 0.900. The van der Waals surface area contributed by atoms with Crippen molar-refractivity contribution in [3.05, 3.63) is 35.4 Å². The average molecular weight is 384 g/mol. The number of alkyl halides is 3. The van der Waals surface area contributed by atoms with Gasteiger partial charge < -0.3 is 20.0 Å². The van der Waals surface area contributed by atoms with Crippen LogP contribution in [0.15, 0.2) is 24.3 Å². The van der Waals surface area contributed by atoms with Gasteiger partial charge in [-0.1, -0.05) is 12.1 Å². The second-order valence-corrected chi connectivity index (χ2v) is 6.78. The number of carbonyl (C=O) groups is 3. The number of likely N-dealkylation sites (N-methyl/N-ethyl adjacent to an activating group) is 1. The largest absolute Gasteiger partial charge is 0.416 e. The normalized spacial score (nSPS) is 19.4. The van der Waals surface area contributed by atoms with Crippen molar-refractivity contribution in [3.8, 4) is 0 Å². The Morgan fingerprint density at radius 1 is 1.19 bits per heavy atom. The number of urea groups is 1. The number of hydrogen-bond donors (Lipinski definition) is 1. The van der Waals surface area contributed by atoms with Crippen molar-refractivity contribution in [2.45, 2.75) is 18.3 Å². The topological polar surface area (TPSA) is 73.0 Å². The van der Waals surface area contributed by atoms with Crippen molar-refractivity contribution < 1.29 is 27.6 Å². The van der Waals surface area contributed by atoms with Gasteiger partial charge in [-0.05, 0) is 17.7 Å². The molecule has 4 amide bonds. The van der Waals surface area contributed by atoms with Crippen molar-refractivity contribution in [1.29, 1.82) is 0 Å². The van der Waals surface area contributed by atoms with Crippen LogP contribution >= 0.6 is 0 Å². The van der Waals surface area contributed by atoms with Crippen molar-refractivity contribution in [1.82, 2.24) is 20.0 Å². The first-order chi connectivity index (χ1) is 12.6. The van der Waals surface area contributed by atoms with Gasteiger partial charge in [-0.2, -0.15) is 13.2 Å². The number of benzene rings is 1. The first-order valence-corrected chi connectivity index (χ1v) is 8.27. The minimum Gasteiger partial charge on any atom is -0.341 e. The smallest absolute Gasteiger partial charge is 0.341 e. The SMILES string of the molecule is CNC(=O)N1CC2(C1)C(=O)N(C)CC(=O)N2Cc1ccc(C(F)(F)F)cc1. The van der Waals surface area contributed by atoms with E-state index in [2.05, 4.69) is 5.32 Å². The lowest BCUT2D eigenvalue weighted by Crippen LogP contribution is -2.81. The number of amides is 4. The Balaban J connectivity index is 1.84. The summed E-state index contributed by atoms with van der Waals surface area (Å²) in [6, 6.07) is 4.12. The highest BCUT2D eigenvalue weighted by molar-refractivity contribution is 6.00. The van der Waals surface area contributed by atoms with Crippen molar-refractivity contribution >= 4 is 17.8 Å². The van der Waals surface area contributed by atoms with Crippen LogP contribution in [0.1, 0.15) is 11.1 Å². The van der Waals surface area contributed by atoms with E-state index < -0.39 is 17.3 Å². The standard InChI is InChI=1S/C17H19F3N4O3/c1-21-15(27)23-9-16(10-23)14(26)22(2)8-13(25)24(16)7-11-3-5-12(6-4-11)17(18,19)20/h3-6H,7-10H2,1-2H3,(H,21,27). The van der Waals surface area contributed by atoms with E-state index in [1.807, 2.05) is 0 Å². The maximum absolute atomic E-state index is 12.7. The summed E-state index contributed by atoms with van der Waals surface area (Å²) in [5.41, 5.74) is -1.48. The van der Waals surface area contributed by atoms with Crippen LogP contribution in [-0.2, 0) is 22.3 Å². The van der Waals surface area contributed by atoms with Gasteiger partial charge in [-0.15, -0.1) is 0 Å². The van der Waals surface area contributed by atoms with Crippen LogP contribution < -0.4 is 5.32 Å². The fraction of sp³-hybridized carbons (Fsp3) is 0.471. The van der Waals surface area contributed by atoms with Crippen molar-refractivity contribution in [3.63, 3.8) is 0 Å². The molecule has 1 N–H and O–H groups in total. The molecular formula is C17H19F3N4O3. The van der Waals surface area contributed by atoms with E-state index in [1.54, 1.807) is 0 Å². The first kappa shape index (κ1) is 19.0. The monoisotopic (exact) mass is 384 g/mol. The molecule has 27 heavy (non-hydrogen) atoms. The van der Waals surface area contributed by atoms with Gasteiger partial charge in [0, 0.05) is 20.6 Å². The lowest BCUT2D eigenvalue weighted by Gasteiger charge is -2.57. The molecular weight excluding hydrogens is 365 g/mol. The maximum atomic E-state index is 12.7. The third-order valence-corrected chi connectivity index (χ3v) is 4.96. The molecule has 2 fully saturated rings.